The first-order valence-corrected chi connectivity index (χ1v) is 9.17. The number of hydrogen-bond acceptors (Lipinski definition) is 3. The van der Waals surface area contributed by atoms with Crippen LogP contribution in [-0.2, 0) is 10.3 Å². The first-order valence-electron chi connectivity index (χ1n) is 9.17. The van der Waals surface area contributed by atoms with Gasteiger partial charge in [0.05, 0.1) is 6.04 Å². The first kappa shape index (κ1) is 19.4. The third-order valence-corrected chi connectivity index (χ3v) is 5.24. The lowest BCUT2D eigenvalue weighted by Crippen LogP contribution is -2.48. The van der Waals surface area contributed by atoms with Gasteiger partial charge in [-0.05, 0) is 43.0 Å². The van der Waals surface area contributed by atoms with Crippen LogP contribution in [0.3, 0.4) is 0 Å². The molecule has 2 atom stereocenters. The molecule has 2 radical (unpaired) electrons. The van der Waals surface area contributed by atoms with Crippen molar-refractivity contribution >= 4 is 19.4 Å². The van der Waals surface area contributed by atoms with Gasteiger partial charge in [0.1, 0.15) is 19.3 Å². The molecule has 3 rings (SSSR count). The van der Waals surface area contributed by atoms with Crippen molar-refractivity contribution in [2.75, 3.05) is 13.2 Å². The fourth-order valence-corrected chi connectivity index (χ4v) is 3.66. The zero-order chi connectivity index (χ0) is 19.4. The second-order valence-electron chi connectivity index (χ2n) is 6.99. The van der Waals surface area contributed by atoms with Crippen molar-refractivity contribution in [3.63, 3.8) is 0 Å². The molecule has 27 heavy (non-hydrogen) atoms. The Kier molecular flexibility index (Phi) is 5.85. The molecule has 1 aliphatic heterocycles. The highest BCUT2D eigenvalue weighted by Crippen LogP contribution is 2.40. The first-order chi connectivity index (χ1) is 12.9. The summed E-state index contributed by atoms with van der Waals surface area (Å²) in [5, 5.41) is 9.26. The summed E-state index contributed by atoms with van der Waals surface area (Å²) in [6, 6.07) is 13.3. The summed E-state index contributed by atoms with van der Waals surface area (Å²) >= 11 is 0. The van der Waals surface area contributed by atoms with Gasteiger partial charge >= 0.3 is 6.09 Å². The minimum atomic E-state index is -0.848. The van der Waals surface area contributed by atoms with Crippen LogP contribution >= 0.6 is 0 Å². The average molecular weight is 367 g/mol. The van der Waals surface area contributed by atoms with Crippen LogP contribution in [0.1, 0.15) is 43.4 Å². The lowest BCUT2D eigenvalue weighted by molar-refractivity contribution is -0.0680. The maximum absolute atomic E-state index is 13.3. The molecular weight excluding hydrogens is 344 g/mol. The SMILES string of the molecule is [B]c1cccc([C@H](C)N2CC[C@](CCCO)(c3ccc(F)cc3)OC2=O)c1. The van der Waals surface area contributed by atoms with Crippen LogP contribution in [0.5, 0.6) is 0 Å². The van der Waals surface area contributed by atoms with Gasteiger partial charge in [0.2, 0.25) is 0 Å². The number of benzene rings is 2. The van der Waals surface area contributed by atoms with E-state index in [1.807, 2.05) is 25.1 Å². The number of nitrogens with zero attached hydrogens (tertiary/aromatic N) is 1. The average Bonchev–Trinajstić information content (AvgIpc) is 2.66. The van der Waals surface area contributed by atoms with Crippen LogP contribution in [0.4, 0.5) is 9.18 Å². The van der Waals surface area contributed by atoms with Crippen LogP contribution in [0.25, 0.3) is 0 Å². The number of rotatable bonds is 6. The van der Waals surface area contributed by atoms with Gasteiger partial charge < -0.3 is 14.7 Å². The molecule has 0 saturated carbocycles. The van der Waals surface area contributed by atoms with E-state index in [-0.39, 0.29) is 18.5 Å². The number of carbonyl (C=O) groups excluding carboxylic acids is 1. The molecule has 0 unspecified atom stereocenters. The van der Waals surface area contributed by atoms with Gasteiger partial charge in [-0.2, -0.15) is 0 Å². The highest BCUT2D eigenvalue weighted by atomic mass is 19.1. The maximum Gasteiger partial charge on any atom is 0.411 e. The normalized spacial score (nSPS) is 21.0. The number of halogens is 1. The maximum atomic E-state index is 13.3. The molecular formula is C21H23BFNO3. The van der Waals surface area contributed by atoms with E-state index in [0.717, 1.165) is 11.1 Å². The molecule has 4 nitrogen and oxygen atoms in total. The van der Waals surface area contributed by atoms with Crippen molar-refractivity contribution in [2.45, 2.75) is 37.8 Å². The number of aliphatic hydroxyl groups excluding tert-OH is 1. The molecule has 1 fully saturated rings. The lowest BCUT2D eigenvalue weighted by Gasteiger charge is -2.43. The number of hydrogen-bond donors (Lipinski definition) is 1. The van der Waals surface area contributed by atoms with Gasteiger partial charge in [0, 0.05) is 19.6 Å². The second kappa shape index (κ2) is 8.13. The topological polar surface area (TPSA) is 49.8 Å². The largest absolute Gasteiger partial charge is 0.438 e. The molecule has 1 aliphatic rings. The Morgan fingerprint density at radius 3 is 2.67 bits per heavy atom. The van der Waals surface area contributed by atoms with Gasteiger partial charge in [-0.15, -0.1) is 0 Å². The van der Waals surface area contributed by atoms with Crippen molar-refractivity contribution in [2.24, 2.45) is 0 Å². The van der Waals surface area contributed by atoms with Crippen LogP contribution < -0.4 is 5.46 Å². The fourth-order valence-electron chi connectivity index (χ4n) is 3.66. The smallest absolute Gasteiger partial charge is 0.411 e. The summed E-state index contributed by atoms with van der Waals surface area (Å²) in [6.07, 6.45) is 1.13. The van der Waals surface area contributed by atoms with Gasteiger partial charge in [-0.25, -0.2) is 9.18 Å². The molecule has 0 spiro atoms. The number of amides is 1. The summed E-state index contributed by atoms with van der Waals surface area (Å²) < 4.78 is 19.2. The monoisotopic (exact) mass is 367 g/mol. The zero-order valence-corrected chi connectivity index (χ0v) is 15.4. The Labute approximate surface area is 160 Å². The van der Waals surface area contributed by atoms with E-state index in [2.05, 4.69) is 0 Å². The van der Waals surface area contributed by atoms with Crippen LogP contribution in [0.2, 0.25) is 0 Å². The highest BCUT2D eigenvalue weighted by molar-refractivity contribution is 6.32. The minimum Gasteiger partial charge on any atom is -0.438 e. The van der Waals surface area contributed by atoms with E-state index < -0.39 is 11.7 Å². The number of ether oxygens (including phenoxy) is 1. The summed E-state index contributed by atoms with van der Waals surface area (Å²) in [4.78, 5) is 14.5. The van der Waals surface area contributed by atoms with Crippen molar-refractivity contribution in [3.8, 4) is 0 Å². The van der Waals surface area contributed by atoms with Crippen molar-refractivity contribution < 1.29 is 19.0 Å². The molecule has 2 aromatic carbocycles. The number of carbonyl (C=O) groups is 1. The van der Waals surface area contributed by atoms with Crippen LogP contribution in [0, 0.1) is 5.82 Å². The molecule has 2 aromatic rings. The van der Waals surface area contributed by atoms with Gasteiger partial charge in [0.15, 0.2) is 0 Å². The molecule has 1 amide bonds. The lowest BCUT2D eigenvalue weighted by atomic mass is 9.84. The highest BCUT2D eigenvalue weighted by Gasteiger charge is 2.43. The van der Waals surface area contributed by atoms with Gasteiger partial charge in [-0.1, -0.05) is 41.9 Å². The van der Waals surface area contributed by atoms with E-state index in [1.54, 1.807) is 23.1 Å². The predicted molar refractivity (Wildman–Crippen MR) is 102 cm³/mol. The van der Waals surface area contributed by atoms with Gasteiger partial charge in [-0.3, -0.25) is 0 Å². The molecule has 0 aromatic heterocycles. The van der Waals surface area contributed by atoms with Crippen LogP contribution in [0.15, 0.2) is 48.5 Å². The molecule has 6 heteroatoms. The van der Waals surface area contributed by atoms with Crippen LogP contribution in [-0.4, -0.2) is 37.1 Å². The standard InChI is InChI=1S/C21H23BFNO3/c1-15(16-4-2-5-18(22)14-16)24-12-11-21(10-3-13-25,27-20(24)26)17-6-8-19(23)9-7-17/h2,4-9,14-15,25H,3,10-13H2,1H3/t15-,21+/m0/s1. The molecule has 1 heterocycles. The number of cyclic esters (lactones) is 1. The minimum absolute atomic E-state index is 0.00387. The van der Waals surface area contributed by atoms with Crippen molar-refractivity contribution in [3.05, 3.63) is 65.5 Å². The van der Waals surface area contributed by atoms with E-state index in [0.29, 0.717) is 31.3 Å². The third-order valence-electron chi connectivity index (χ3n) is 5.24. The summed E-state index contributed by atoms with van der Waals surface area (Å²) in [5.74, 6) is -0.338. The van der Waals surface area contributed by atoms with Crippen molar-refractivity contribution in [1.29, 1.82) is 0 Å². The third kappa shape index (κ3) is 4.16. The summed E-state index contributed by atoms with van der Waals surface area (Å²) in [5.41, 5.74) is 1.49. The van der Waals surface area contributed by atoms with Gasteiger partial charge in [0.25, 0.3) is 0 Å². The fraction of sp³-hybridized carbons (Fsp3) is 0.381. The predicted octanol–water partition coefficient (Wildman–Crippen LogP) is 3.19. The summed E-state index contributed by atoms with van der Waals surface area (Å²) in [6.45, 7) is 2.44. The quantitative estimate of drug-likeness (QED) is 0.798. The number of aliphatic hydroxyl groups is 1. The van der Waals surface area contributed by atoms with Crippen molar-refractivity contribution in [1.82, 2.24) is 4.90 Å². The molecule has 0 aliphatic carbocycles. The van der Waals surface area contributed by atoms with E-state index in [4.69, 9.17) is 12.6 Å². The molecule has 1 saturated heterocycles. The van der Waals surface area contributed by atoms with E-state index in [9.17, 15) is 14.3 Å². The second-order valence-corrected chi connectivity index (χ2v) is 6.99. The zero-order valence-electron chi connectivity index (χ0n) is 15.4. The Morgan fingerprint density at radius 2 is 2.04 bits per heavy atom. The molecule has 140 valence electrons. The Balaban J connectivity index is 1.83. The Hall–Kier alpha value is -2.34. The summed E-state index contributed by atoms with van der Waals surface area (Å²) in [7, 11) is 5.86. The van der Waals surface area contributed by atoms with E-state index >= 15 is 0 Å². The Morgan fingerprint density at radius 1 is 1.30 bits per heavy atom. The Bertz CT molecular complexity index is 798. The molecule has 0 bridgehead atoms. The molecule has 1 N–H and O–H groups in total. The van der Waals surface area contributed by atoms with E-state index in [1.165, 1.54) is 12.1 Å².